The second-order valence-electron chi connectivity index (χ2n) is 3.43. The molecule has 5 nitrogen and oxygen atoms in total. The number of nitrogens with zero attached hydrogens (tertiary/aromatic N) is 4. The van der Waals surface area contributed by atoms with Gasteiger partial charge in [0.2, 0.25) is 5.89 Å². The zero-order chi connectivity index (χ0) is 11.4. The highest BCUT2D eigenvalue weighted by Gasteiger charge is 2.07. The summed E-state index contributed by atoms with van der Waals surface area (Å²) >= 11 is 1.62. The molecule has 0 saturated carbocycles. The van der Waals surface area contributed by atoms with Gasteiger partial charge in [-0.1, -0.05) is 23.8 Å². The Morgan fingerprint density at radius 2 is 2.38 bits per heavy atom. The van der Waals surface area contributed by atoms with E-state index in [0.29, 0.717) is 17.5 Å². The van der Waals surface area contributed by atoms with Gasteiger partial charge < -0.3 is 9.09 Å². The molecule has 0 aromatic carbocycles. The maximum Gasteiger partial charge on any atom is 0.237 e. The minimum Gasteiger partial charge on any atom is -0.338 e. The lowest BCUT2D eigenvalue weighted by molar-refractivity contribution is 0.387. The molecule has 0 N–H and O–H groups in total. The fourth-order valence-corrected chi connectivity index (χ4v) is 2.19. The van der Waals surface area contributed by atoms with Crippen molar-refractivity contribution < 1.29 is 4.52 Å². The Hall–Kier alpha value is -1.30. The van der Waals surface area contributed by atoms with E-state index in [1.54, 1.807) is 11.8 Å². The number of hydrogen-bond acceptors (Lipinski definition) is 5. The van der Waals surface area contributed by atoms with Gasteiger partial charge in [-0.25, -0.2) is 4.98 Å². The van der Waals surface area contributed by atoms with Gasteiger partial charge in [0.1, 0.15) is 0 Å². The fourth-order valence-electron chi connectivity index (χ4n) is 1.37. The van der Waals surface area contributed by atoms with E-state index in [0.717, 1.165) is 18.1 Å². The molecule has 16 heavy (non-hydrogen) atoms. The molecule has 0 bridgehead atoms. The van der Waals surface area contributed by atoms with Crippen LogP contribution in [0, 0.1) is 6.92 Å². The Bertz CT molecular complexity index is 451. The molecule has 0 aliphatic carbocycles. The Morgan fingerprint density at radius 1 is 1.50 bits per heavy atom. The van der Waals surface area contributed by atoms with Crippen molar-refractivity contribution in [1.29, 1.82) is 0 Å². The Labute approximate surface area is 98.3 Å². The van der Waals surface area contributed by atoms with E-state index in [2.05, 4.69) is 26.6 Å². The summed E-state index contributed by atoms with van der Waals surface area (Å²) in [5.74, 6) is 1.99. The van der Waals surface area contributed by atoms with Gasteiger partial charge in [0, 0.05) is 18.9 Å². The fraction of sp³-hybridized carbons (Fsp3) is 0.500. The van der Waals surface area contributed by atoms with Gasteiger partial charge in [0.05, 0.1) is 5.75 Å². The minimum absolute atomic E-state index is 0.647. The Kier molecular flexibility index (Phi) is 3.61. The number of hydrogen-bond donors (Lipinski definition) is 0. The molecular formula is C10H14N4OS. The van der Waals surface area contributed by atoms with E-state index < -0.39 is 0 Å². The van der Waals surface area contributed by atoms with Crippen LogP contribution >= 0.6 is 11.8 Å². The average molecular weight is 238 g/mol. The molecule has 2 rings (SSSR count). The van der Waals surface area contributed by atoms with Crippen molar-refractivity contribution in [1.82, 2.24) is 19.7 Å². The first kappa shape index (κ1) is 11.2. The van der Waals surface area contributed by atoms with Crippen LogP contribution in [0.2, 0.25) is 0 Å². The summed E-state index contributed by atoms with van der Waals surface area (Å²) in [4.78, 5) is 8.44. The van der Waals surface area contributed by atoms with Gasteiger partial charge in [0.15, 0.2) is 11.0 Å². The SMILES string of the molecule is CCCn1ccnc1SCc1nc(C)no1. The summed E-state index contributed by atoms with van der Waals surface area (Å²) in [5, 5.41) is 4.75. The number of aromatic nitrogens is 4. The van der Waals surface area contributed by atoms with E-state index in [1.807, 2.05) is 19.3 Å². The highest BCUT2D eigenvalue weighted by Crippen LogP contribution is 2.20. The molecule has 0 spiro atoms. The summed E-state index contributed by atoms with van der Waals surface area (Å²) < 4.78 is 7.18. The lowest BCUT2D eigenvalue weighted by Gasteiger charge is -2.03. The summed E-state index contributed by atoms with van der Waals surface area (Å²) in [7, 11) is 0. The van der Waals surface area contributed by atoms with Gasteiger partial charge >= 0.3 is 0 Å². The lowest BCUT2D eigenvalue weighted by Crippen LogP contribution is -1.97. The van der Waals surface area contributed by atoms with Crippen molar-refractivity contribution in [2.45, 2.75) is 37.7 Å². The summed E-state index contributed by atoms with van der Waals surface area (Å²) in [6.45, 7) is 4.96. The monoisotopic (exact) mass is 238 g/mol. The topological polar surface area (TPSA) is 56.7 Å². The second kappa shape index (κ2) is 5.16. The van der Waals surface area contributed by atoms with Crippen molar-refractivity contribution in [3.05, 3.63) is 24.1 Å². The Morgan fingerprint density at radius 3 is 3.06 bits per heavy atom. The zero-order valence-electron chi connectivity index (χ0n) is 9.38. The smallest absolute Gasteiger partial charge is 0.237 e. The van der Waals surface area contributed by atoms with Gasteiger partial charge in [-0.3, -0.25) is 0 Å². The third-order valence-corrected chi connectivity index (χ3v) is 3.03. The average Bonchev–Trinajstić information content (AvgIpc) is 2.85. The third-order valence-electron chi connectivity index (χ3n) is 2.04. The van der Waals surface area contributed by atoms with Crippen LogP contribution in [0.1, 0.15) is 25.1 Å². The lowest BCUT2D eigenvalue weighted by atomic mass is 10.5. The van der Waals surface area contributed by atoms with Crippen LogP contribution < -0.4 is 0 Å². The zero-order valence-corrected chi connectivity index (χ0v) is 10.2. The van der Waals surface area contributed by atoms with Crippen LogP contribution in [-0.4, -0.2) is 19.7 Å². The maximum absolute atomic E-state index is 5.04. The normalized spacial score (nSPS) is 10.9. The van der Waals surface area contributed by atoms with Gasteiger partial charge in [0.25, 0.3) is 0 Å². The quantitative estimate of drug-likeness (QED) is 0.748. The molecule has 6 heteroatoms. The van der Waals surface area contributed by atoms with Gasteiger partial charge in [-0.15, -0.1) is 0 Å². The highest BCUT2D eigenvalue weighted by atomic mass is 32.2. The molecule has 0 aliphatic heterocycles. The van der Waals surface area contributed by atoms with Crippen molar-refractivity contribution in [3.8, 4) is 0 Å². The number of aryl methyl sites for hydroxylation is 2. The van der Waals surface area contributed by atoms with E-state index in [1.165, 1.54) is 0 Å². The number of thioether (sulfide) groups is 1. The summed E-state index contributed by atoms with van der Waals surface area (Å²) in [6, 6.07) is 0. The van der Waals surface area contributed by atoms with Crippen LogP contribution in [0.4, 0.5) is 0 Å². The van der Waals surface area contributed by atoms with Crippen LogP contribution in [0.25, 0.3) is 0 Å². The molecule has 0 amide bonds. The molecule has 2 aromatic heterocycles. The molecule has 0 fully saturated rings. The Balaban J connectivity index is 1.96. The first-order chi connectivity index (χ1) is 7.79. The predicted octanol–water partition coefficient (Wildman–Crippen LogP) is 2.28. The predicted molar refractivity (Wildman–Crippen MR) is 61.1 cm³/mol. The highest BCUT2D eigenvalue weighted by molar-refractivity contribution is 7.98. The number of rotatable bonds is 5. The molecule has 2 aromatic rings. The number of imidazole rings is 1. The van der Waals surface area contributed by atoms with E-state index >= 15 is 0 Å². The molecule has 0 saturated heterocycles. The molecule has 2 heterocycles. The first-order valence-corrected chi connectivity index (χ1v) is 6.21. The van der Waals surface area contributed by atoms with E-state index in [4.69, 9.17) is 4.52 Å². The van der Waals surface area contributed by atoms with Crippen LogP contribution in [0.3, 0.4) is 0 Å². The third kappa shape index (κ3) is 2.63. The largest absolute Gasteiger partial charge is 0.338 e. The van der Waals surface area contributed by atoms with Crippen LogP contribution in [-0.2, 0) is 12.3 Å². The van der Waals surface area contributed by atoms with Crippen molar-refractivity contribution in [3.63, 3.8) is 0 Å². The van der Waals surface area contributed by atoms with E-state index in [9.17, 15) is 0 Å². The molecule has 86 valence electrons. The molecule has 0 aliphatic rings. The first-order valence-electron chi connectivity index (χ1n) is 5.22. The minimum atomic E-state index is 0.647. The molecular weight excluding hydrogens is 224 g/mol. The van der Waals surface area contributed by atoms with E-state index in [-0.39, 0.29) is 0 Å². The van der Waals surface area contributed by atoms with Crippen LogP contribution in [0.5, 0.6) is 0 Å². The van der Waals surface area contributed by atoms with Crippen molar-refractivity contribution >= 4 is 11.8 Å². The maximum atomic E-state index is 5.04. The summed E-state index contributed by atoms with van der Waals surface area (Å²) in [5.41, 5.74) is 0. The standard InChI is InChI=1S/C10H14N4OS/c1-3-5-14-6-4-11-10(14)16-7-9-12-8(2)13-15-9/h4,6H,3,5,7H2,1-2H3. The van der Waals surface area contributed by atoms with Crippen LogP contribution in [0.15, 0.2) is 22.1 Å². The van der Waals surface area contributed by atoms with Gasteiger partial charge in [-0.05, 0) is 13.3 Å². The second-order valence-corrected chi connectivity index (χ2v) is 4.37. The molecule has 0 atom stereocenters. The molecule has 0 radical (unpaired) electrons. The van der Waals surface area contributed by atoms with Crippen molar-refractivity contribution in [2.24, 2.45) is 0 Å². The molecule has 0 unspecified atom stereocenters. The van der Waals surface area contributed by atoms with Gasteiger partial charge in [-0.2, -0.15) is 4.98 Å². The summed E-state index contributed by atoms with van der Waals surface area (Å²) in [6.07, 6.45) is 4.91. The van der Waals surface area contributed by atoms with Crippen molar-refractivity contribution in [2.75, 3.05) is 0 Å².